The van der Waals surface area contributed by atoms with Gasteiger partial charge in [-0.3, -0.25) is 9.59 Å². The number of carbonyl (C=O) groups is 3. The second-order valence-electron chi connectivity index (χ2n) is 13.0. The summed E-state index contributed by atoms with van der Waals surface area (Å²) in [5.74, 6) is -2.43. The van der Waals surface area contributed by atoms with E-state index in [4.69, 9.17) is 19.3 Å². The number of ether oxygens (including phenoxy) is 3. The molecular weight excluding hydrogens is 564 g/mol. The van der Waals surface area contributed by atoms with Crippen LogP contribution in [0.1, 0.15) is 73.1 Å². The molecule has 2 aliphatic carbocycles. The van der Waals surface area contributed by atoms with Crippen LogP contribution >= 0.6 is 0 Å². The van der Waals surface area contributed by atoms with E-state index in [1.165, 1.54) is 0 Å². The van der Waals surface area contributed by atoms with Gasteiger partial charge in [-0.2, -0.15) is 0 Å². The highest BCUT2D eigenvalue weighted by molar-refractivity contribution is 5.76. The Hall–Kier alpha value is -2.35. The Morgan fingerprint density at radius 2 is 1.72 bits per heavy atom. The summed E-state index contributed by atoms with van der Waals surface area (Å²) in [4.78, 5) is 36.6. The van der Waals surface area contributed by atoms with E-state index in [9.17, 15) is 39.9 Å². The molecule has 0 saturated carbocycles. The van der Waals surface area contributed by atoms with Crippen LogP contribution in [0.5, 0.6) is 0 Å². The molecule has 0 aromatic heterocycles. The summed E-state index contributed by atoms with van der Waals surface area (Å²) in [5, 5.41) is 60.0. The van der Waals surface area contributed by atoms with Crippen molar-refractivity contribution in [2.24, 2.45) is 29.1 Å². The maximum absolute atomic E-state index is 13.0. The number of aliphatic carboxylic acids is 1. The summed E-state index contributed by atoms with van der Waals surface area (Å²) in [6.07, 6.45) is -4.12. The van der Waals surface area contributed by atoms with Gasteiger partial charge in [0.1, 0.15) is 24.4 Å². The first-order valence-electron chi connectivity index (χ1n) is 15.1. The number of aliphatic hydroxyl groups is 5. The summed E-state index contributed by atoms with van der Waals surface area (Å²) < 4.78 is 16.0. The molecule has 1 heterocycles. The molecule has 12 nitrogen and oxygen atoms in total. The van der Waals surface area contributed by atoms with Gasteiger partial charge in [0.25, 0.3) is 0 Å². The molecule has 0 unspecified atom stereocenters. The van der Waals surface area contributed by atoms with Gasteiger partial charge < -0.3 is 44.8 Å². The average Bonchev–Trinajstić information content (AvgIpc) is 2.92. The number of allylic oxidation sites excluding steroid dienone is 3. The van der Waals surface area contributed by atoms with Crippen molar-refractivity contribution in [2.45, 2.75) is 122 Å². The fraction of sp³-hybridized carbons (Fsp3) is 0.774. The largest absolute Gasteiger partial charge is 0.479 e. The van der Waals surface area contributed by atoms with E-state index in [0.717, 1.165) is 5.57 Å². The zero-order valence-electron chi connectivity index (χ0n) is 25.5. The molecule has 0 bridgehead atoms. The molecule has 1 fully saturated rings. The number of esters is 2. The minimum atomic E-state index is -1.93. The van der Waals surface area contributed by atoms with Crippen molar-refractivity contribution < 1.29 is 59.2 Å². The molecule has 1 saturated heterocycles. The van der Waals surface area contributed by atoms with Crippen LogP contribution in [0.25, 0.3) is 0 Å². The second-order valence-corrected chi connectivity index (χ2v) is 13.0. The van der Waals surface area contributed by atoms with Crippen LogP contribution in [0, 0.1) is 29.1 Å². The first-order valence-corrected chi connectivity index (χ1v) is 15.1. The highest BCUT2D eigenvalue weighted by Crippen LogP contribution is 2.45. The Kier molecular flexibility index (Phi) is 11.9. The van der Waals surface area contributed by atoms with E-state index in [-0.39, 0.29) is 42.2 Å². The monoisotopic (exact) mass is 612 g/mol. The highest BCUT2D eigenvalue weighted by Gasteiger charge is 2.49. The molecule has 0 aromatic carbocycles. The molecule has 6 N–H and O–H groups in total. The van der Waals surface area contributed by atoms with Crippen LogP contribution in [0.2, 0.25) is 0 Å². The zero-order chi connectivity index (χ0) is 32.2. The Labute approximate surface area is 252 Å². The van der Waals surface area contributed by atoms with Crippen molar-refractivity contribution in [3.05, 3.63) is 23.8 Å². The van der Waals surface area contributed by atoms with Crippen LogP contribution in [0.15, 0.2) is 23.8 Å². The Balaban J connectivity index is 1.57. The lowest BCUT2D eigenvalue weighted by Gasteiger charge is -2.44. The normalized spacial score (nSPS) is 35.7. The minimum absolute atomic E-state index is 0.0228. The van der Waals surface area contributed by atoms with Gasteiger partial charge in [-0.25, -0.2) is 4.79 Å². The van der Waals surface area contributed by atoms with Crippen molar-refractivity contribution in [3.8, 4) is 0 Å². The molecule has 3 aliphatic rings. The number of aliphatic hydroxyl groups excluding tert-OH is 5. The Morgan fingerprint density at radius 3 is 2.35 bits per heavy atom. The molecule has 0 aromatic rings. The number of hydrogen-bond acceptors (Lipinski definition) is 11. The van der Waals surface area contributed by atoms with Gasteiger partial charge in [-0.1, -0.05) is 39.0 Å². The molecule has 12 atom stereocenters. The molecule has 0 amide bonds. The molecule has 3 rings (SSSR count). The van der Waals surface area contributed by atoms with Crippen molar-refractivity contribution in [1.82, 2.24) is 0 Å². The van der Waals surface area contributed by atoms with Crippen molar-refractivity contribution >= 4 is 17.9 Å². The predicted octanol–water partition coefficient (Wildman–Crippen LogP) is 1.46. The molecule has 43 heavy (non-hydrogen) atoms. The van der Waals surface area contributed by atoms with Crippen LogP contribution in [0.3, 0.4) is 0 Å². The quantitative estimate of drug-likeness (QED) is 0.174. The predicted molar refractivity (Wildman–Crippen MR) is 152 cm³/mol. The van der Waals surface area contributed by atoms with Gasteiger partial charge in [0.05, 0.1) is 24.0 Å². The van der Waals surface area contributed by atoms with Gasteiger partial charge in [-0.15, -0.1) is 0 Å². The summed E-state index contributed by atoms with van der Waals surface area (Å²) in [6, 6.07) is 0. The highest BCUT2D eigenvalue weighted by atomic mass is 16.7. The third-order valence-electron chi connectivity index (χ3n) is 9.13. The molecule has 244 valence electrons. The Bertz CT molecular complexity index is 1050. The van der Waals surface area contributed by atoms with E-state index < -0.39 is 66.7 Å². The van der Waals surface area contributed by atoms with E-state index >= 15 is 0 Å². The topological polar surface area (TPSA) is 200 Å². The lowest BCUT2D eigenvalue weighted by Crippen LogP contribution is -2.60. The van der Waals surface area contributed by atoms with Crippen LogP contribution in [-0.2, 0) is 28.6 Å². The third kappa shape index (κ3) is 8.64. The molecule has 12 heteroatoms. The summed E-state index contributed by atoms with van der Waals surface area (Å²) in [7, 11) is 0. The summed E-state index contributed by atoms with van der Waals surface area (Å²) in [5.41, 5.74) is 0.533. The molecular formula is C31H48O12. The van der Waals surface area contributed by atoms with Gasteiger partial charge in [-0.05, 0) is 69.3 Å². The summed E-state index contributed by atoms with van der Waals surface area (Å²) >= 11 is 0. The van der Waals surface area contributed by atoms with Gasteiger partial charge >= 0.3 is 17.9 Å². The van der Waals surface area contributed by atoms with E-state index in [2.05, 4.69) is 32.1 Å². The molecule has 0 radical (unpaired) electrons. The molecule has 0 spiro atoms. The molecule has 1 aliphatic heterocycles. The second kappa shape index (κ2) is 14.6. The van der Waals surface area contributed by atoms with Crippen LogP contribution in [-0.4, -0.2) is 97.6 Å². The van der Waals surface area contributed by atoms with E-state index in [1.807, 2.05) is 20.8 Å². The van der Waals surface area contributed by atoms with E-state index in [1.54, 1.807) is 0 Å². The number of carboxylic acids is 1. The minimum Gasteiger partial charge on any atom is -0.479 e. The zero-order valence-corrected chi connectivity index (χ0v) is 25.5. The lowest BCUT2D eigenvalue weighted by molar-refractivity contribution is -0.286. The smallest absolute Gasteiger partial charge is 0.335 e. The maximum Gasteiger partial charge on any atom is 0.335 e. The number of fused-ring (bicyclic) bond motifs is 1. The number of carboxylic acid groups (broad SMARTS) is 1. The van der Waals surface area contributed by atoms with Crippen LogP contribution < -0.4 is 0 Å². The van der Waals surface area contributed by atoms with Crippen LogP contribution in [0.4, 0.5) is 0 Å². The summed E-state index contributed by atoms with van der Waals surface area (Å²) in [6.45, 7) is 9.90. The van der Waals surface area contributed by atoms with Crippen molar-refractivity contribution in [1.29, 1.82) is 0 Å². The average molecular weight is 613 g/mol. The van der Waals surface area contributed by atoms with E-state index in [0.29, 0.717) is 25.7 Å². The third-order valence-corrected chi connectivity index (χ3v) is 9.13. The number of rotatable bonds is 12. The van der Waals surface area contributed by atoms with Gasteiger partial charge in [0.15, 0.2) is 6.10 Å². The fourth-order valence-electron chi connectivity index (χ4n) is 6.08. The van der Waals surface area contributed by atoms with Gasteiger partial charge in [0, 0.05) is 5.92 Å². The maximum atomic E-state index is 13.0. The van der Waals surface area contributed by atoms with Gasteiger partial charge in [0.2, 0.25) is 6.29 Å². The lowest BCUT2D eigenvalue weighted by atomic mass is 9.65. The first-order chi connectivity index (χ1) is 20.0. The SMILES string of the molecule is CCC(C)(C)C(=O)O[C@H]1C[C@@H](C)C=C2C=C[C@H](C)[C@H](CC[C@@H](O)C[C@@H](O)CC(=O)O[C@@H]3O[C@H](C(=O)O)[C@@H](O)[C@H](O)[C@H]3O)[C@H]21. The first kappa shape index (κ1) is 35.1. The number of hydrogen-bond donors (Lipinski definition) is 6. The Morgan fingerprint density at radius 1 is 1.05 bits per heavy atom. The number of carbonyl (C=O) groups excluding carboxylic acids is 2. The van der Waals surface area contributed by atoms with Crippen molar-refractivity contribution in [3.63, 3.8) is 0 Å². The fourth-order valence-corrected chi connectivity index (χ4v) is 6.08. The van der Waals surface area contributed by atoms with Crippen molar-refractivity contribution in [2.75, 3.05) is 0 Å². The standard InChI is InChI=1S/C31H48O12/c1-6-31(4,5)30(40)41-21-12-15(2)11-17-8-7-16(3)20(23(17)21)10-9-18(32)13-19(33)14-22(34)42-29-26(37)24(35)25(36)27(43-29)28(38)39/h7-8,11,15-16,18-21,23-27,29,32-33,35-37H,6,9-10,12-14H2,1-5H3,(H,38,39)/t15-,16-,18+,19+,20-,21-,23-,24-,25-,26+,27-,29+/m0/s1.